The van der Waals surface area contributed by atoms with Crippen LogP contribution in [-0.4, -0.2) is 4.98 Å². The second-order valence-corrected chi connectivity index (χ2v) is 13.4. The van der Waals surface area contributed by atoms with Gasteiger partial charge >= 0.3 is 0 Å². The lowest BCUT2D eigenvalue weighted by Gasteiger charge is -2.26. The lowest BCUT2D eigenvalue weighted by Crippen LogP contribution is -2.15. The van der Waals surface area contributed by atoms with E-state index in [1.165, 1.54) is 64.3 Å². The number of anilines is 3. The van der Waals surface area contributed by atoms with E-state index >= 15 is 0 Å². The summed E-state index contributed by atoms with van der Waals surface area (Å²) in [5, 5.41) is 5.07. The molecule has 3 heteroatoms. The zero-order valence-corrected chi connectivity index (χ0v) is 26.0. The second kappa shape index (κ2) is 9.88. The Morgan fingerprint density at radius 3 is 2.09 bits per heavy atom. The predicted octanol–water partition coefficient (Wildman–Crippen LogP) is 12.0. The van der Waals surface area contributed by atoms with Crippen LogP contribution in [0.5, 0.6) is 0 Å². The van der Waals surface area contributed by atoms with Crippen LogP contribution >= 0.6 is 11.3 Å². The third kappa shape index (κ3) is 3.97. The molecular formula is C42H30N2S. The molecule has 0 unspecified atom stereocenters. The Hall–Kier alpha value is -5.25. The van der Waals surface area contributed by atoms with Gasteiger partial charge in [-0.1, -0.05) is 123 Å². The summed E-state index contributed by atoms with van der Waals surface area (Å²) in [4.78, 5) is 7.47. The summed E-state index contributed by atoms with van der Waals surface area (Å²) in [5.41, 5.74) is 9.92. The van der Waals surface area contributed by atoms with Crippen LogP contribution in [0.3, 0.4) is 0 Å². The maximum absolute atomic E-state index is 5.12. The highest BCUT2D eigenvalue weighted by Crippen LogP contribution is 2.51. The largest absolute Gasteiger partial charge is 0.294 e. The smallest absolute Gasteiger partial charge is 0.155 e. The number of hydrogen-bond donors (Lipinski definition) is 0. The summed E-state index contributed by atoms with van der Waals surface area (Å²) in [6.45, 7) is 4.67. The van der Waals surface area contributed by atoms with Crippen LogP contribution in [0.4, 0.5) is 17.2 Å². The first kappa shape index (κ1) is 26.2. The average Bonchev–Trinajstić information content (AvgIpc) is 3.59. The highest BCUT2D eigenvalue weighted by atomic mass is 32.1. The molecule has 1 aliphatic carbocycles. The van der Waals surface area contributed by atoms with E-state index < -0.39 is 0 Å². The summed E-state index contributed by atoms with van der Waals surface area (Å²) in [7, 11) is 0. The molecule has 0 saturated carbocycles. The quantitative estimate of drug-likeness (QED) is 0.201. The topological polar surface area (TPSA) is 16.1 Å². The zero-order valence-electron chi connectivity index (χ0n) is 25.2. The van der Waals surface area contributed by atoms with Crippen LogP contribution < -0.4 is 4.90 Å². The molecule has 0 amide bonds. The van der Waals surface area contributed by atoms with E-state index in [2.05, 4.69) is 158 Å². The van der Waals surface area contributed by atoms with Gasteiger partial charge in [-0.3, -0.25) is 4.90 Å². The number of hydrogen-bond acceptors (Lipinski definition) is 3. The SMILES string of the molecule is CC1(C)c2ccccc2-c2cc(N(c3ccc(-c4ccccc4)cc3)c3nccc4c3sc3c5ccccc5ccc43)ccc21. The first-order chi connectivity index (χ1) is 22.1. The fraction of sp³-hybridized carbons (Fsp3) is 0.0714. The van der Waals surface area contributed by atoms with E-state index in [-0.39, 0.29) is 5.41 Å². The minimum atomic E-state index is -0.0442. The van der Waals surface area contributed by atoms with Crippen molar-refractivity contribution in [1.29, 1.82) is 0 Å². The summed E-state index contributed by atoms with van der Waals surface area (Å²) in [6, 6.07) is 50.7. The molecule has 45 heavy (non-hydrogen) atoms. The van der Waals surface area contributed by atoms with Crippen LogP contribution in [0.2, 0.25) is 0 Å². The van der Waals surface area contributed by atoms with Crippen molar-refractivity contribution in [2.75, 3.05) is 4.90 Å². The molecule has 0 saturated heterocycles. The van der Waals surface area contributed by atoms with E-state index in [4.69, 9.17) is 4.98 Å². The molecule has 0 N–H and O–H groups in total. The molecule has 8 aromatic rings. The standard InChI is InChI=1S/C42H30N2S/c1-42(2)37-15-9-8-14-33(37)36-26-31(21-23-38(36)42)44(30-19-16-28(17-20-30)27-10-4-3-5-11-27)41-40-35(24-25-43-41)34-22-18-29-12-6-7-13-32(29)39(34)45-40/h3-26H,1-2H3. The first-order valence-corrected chi connectivity index (χ1v) is 16.3. The Morgan fingerprint density at radius 1 is 0.533 bits per heavy atom. The molecule has 2 aromatic heterocycles. The lowest BCUT2D eigenvalue weighted by molar-refractivity contribution is 0.660. The van der Waals surface area contributed by atoms with Gasteiger partial charge < -0.3 is 0 Å². The highest BCUT2D eigenvalue weighted by molar-refractivity contribution is 7.27. The van der Waals surface area contributed by atoms with E-state index in [0.717, 1.165) is 17.2 Å². The minimum absolute atomic E-state index is 0.0442. The Morgan fingerprint density at radius 2 is 1.22 bits per heavy atom. The maximum atomic E-state index is 5.12. The van der Waals surface area contributed by atoms with E-state index in [1.54, 1.807) is 0 Å². The predicted molar refractivity (Wildman–Crippen MR) is 192 cm³/mol. The maximum Gasteiger partial charge on any atom is 0.155 e. The molecule has 0 bridgehead atoms. The number of fused-ring (bicyclic) bond motifs is 8. The molecule has 214 valence electrons. The van der Waals surface area contributed by atoms with Gasteiger partial charge in [0.1, 0.15) is 0 Å². The van der Waals surface area contributed by atoms with E-state index in [0.29, 0.717) is 0 Å². The third-order valence-corrected chi connectivity index (χ3v) is 10.8. The molecule has 0 spiro atoms. The van der Waals surface area contributed by atoms with Crippen molar-refractivity contribution in [1.82, 2.24) is 4.98 Å². The molecule has 2 heterocycles. The highest BCUT2D eigenvalue weighted by Gasteiger charge is 2.35. The second-order valence-electron chi connectivity index (χ2n) is 12.4. The van der Waals surface area contributed by atoms with E-state index in [9.17, 15) is 0 Å². The molecule has 0 atom stereocenters. The van der Waals surface area contributed by atoms with Crippen molar-refractivity contribution in [2.45, 2.75) is 19.3 Å². The molecule has 6 aromatic carbocycles. The Balaban J connectivity index is 1.29. The van der Waals surface area contributed by atoms with Crippen molar-refractivity contribution < 1.29 is 0 Å². The Kier molecular flexibility index (Phi) is 5.75. The van der Waals surface area contributed by atoms with Gasteiger partial charge in [-0.2, -0.15) is 0 Å². The number of aromatic nitrogens is 1. The van der Waals surface area contributed by atoms with E-state index in [1.807, 2.05) is 17.5 Å². The molecule has 0 fully saturated rings. The first-order valence-electron chi connectivity index (χ1n) is 15.5. The number of benzene rings is 6. The fourth-order valence-electron chi connectivity index (χ4n) is 7.25. The normalized spacial score (nSPS) is 13.3. The Labute approximate surface area is 266 Å². The van der Waals surface area contributed by atoms with Crippen LogP contribution in [0.1, 0.15) is 25.0 Å². The van der Waals surface area contributed by atoms with Gasteiger partial charge in [0.15, 0.2) is 5.82 Å². The molecule has 2 nitrogen and oxygen atoms in total. The molecule has 0 aliphatic heterocycles. The van der Waals surface area contributed by atoms with Gasteiger partial charge in [-0.15, -0.1) is 11.3 Å². The lowest BCUT2D eigenvalue weighted by atomic mass is 9.82. The van der Waals surface area contributed by atoms with Gasteiger partial charge in [-0.25, -0.2) is 4.98 Å². The molecule has 9 rings (SSSR count). The zero-order chi connectivity index (χ0) is 30.1. The van der Waals surface area contributed by atoms with Crippen molar-refractivity contribution in [3.63, 3.8) is 0 Å². The van der Waals surface area contributed by atoms with Crippen LogP contribution in [-0.2, 0) is 5.41 Å². The van der Waals surface area contributed by atoms with Crippen molar-refractivity contribution in [3.8, 4) is 22.3 Å². The van der Waals surface area contributed by atoms with Crippen molar-refractivity contribution in [3.05, 3.63) is 157 Å². The fourth-order valence-corrected chi connectivity index (χ4v) is 8.56. The number of nitrogens with zero attached hydrogens (tertiary/aromatic N) is 2. The average molecular weight is 595 g/mol. The number of pyridine rings is 1. The summed E-state index contributed by atoms with van der Waals surface area (Å²) in [6.07, 6.45) is 1.97. The van der Waals surface area contributed by atoms with Crippen molar-refractivity contribution >= 4 is 59.5 Å². The molecular weight excluding hydrogens is 565 g/mol. The van der Waals surface area contributed by atoms with Crippen molar-refractivity contribution in [2.24, 2.45) is 0 Å². The number of rotatable bonds is 4. The minimum Gasteiger partial charge on any atom is -0.294 e. The number of thiophene rings is 1. The van der Waals surface area contributed by atoms with Crippen LogP contribution in [0.15, 0.2) is 146 Å². The molecule has 0 radical (unpaired) electrons. The summed E-state index contributed by atoms with van der Waals surface area (Å²) >= 11 is 1.85. The van der Waals surface area contributed by atoms with Gasteiger partial charge in [0, 0.05) is 38.5 Å². The van der Waals surface area contributed by atoms with Crippen LogP contribution in [0.25, 0.3) is 53.2 Å². The van der Waals surface area contributed by atoms with Gasteiger partial charge in [0.25, 0.3) is 0 Å². The third-order valence-electron chi connectivity index (χ3n) is 9.53. The molecule has 1 aliphatic rings. The Bertz CT molecular complexity index is 2400. The van der Waals surface area contributed by atoms with Gasteiger partial charge in [0.05, 0.1) is 4.70 Å². The van der Waals surface area contributed by atoms with Gasteiger partial charge in [-0.05, 0) is 74.5 Å². The van der Waals surface area contributed by atoms with Crippen LogP contribution in [0, 0.1) is 0 Å². The van der Waals surface area contributed by atoms with Gasteiger partial charge in [0.2, 0.25) is 0 Å². The monoisotopic (exact) mass is 594 g/mol. The summed E-state index contributed by atoms with van der Waals surface area (Å²) < 4.78 is 2.50. The summed E-state index contributed by atoms with van der Waals surface area (Å²) in [5.74, 6) is 0.954.